The summed E-state index contributed by atoms with van der Waals surface area (Å²) in [4.78, 5) is 23.2. The number of rotatable bonds is 3. The first-order chi connectivity index (χ1) is 12.1. The molecule has 11 heteroatoms. The van der Waals surface area contributed by atoms with E-state index >= 15 is 0 Å². The summed E-state index contributed by atoms with van der Waals surface area (Å²) in [7, 11) is 0. The topological polar surface area (TPSA) is 58.2 Å². The number of carbonyl (C=O) groups excluding carboxylic acids is 2. The number of imide groups is 1. The Labute approximate surface area is 152 Å². The van der Waals surface area contributed by atoms with Gasteiger partial charge >= 0.3 is 11.5 Å². The fraction of sp³-hybridized carbons (Fsp3) is 0.0667. The molecule has 0 radical (unpaired) electrons. The largest absolute Gasteiger partial charge is 0.446 e. The Morgan fingerprint density at radius 3 is 2.31 bits per heavy atom. The van der Waals surface area contributed by atoms with Crippen molar-refractivity contribution >= 4 is 41.0 Å². The Morgan fingerprint density at radius 1 is 1.04 bits per heavy atom. The van der Waals surface area contributed by atoms with Crippen LogP contribution < -0.4 is 10.6 Å². The zero-order valence-corrected chi connectivity index (χ0v) is 14.0. The Morgan fingerprint density at radius 2 is 1.73 bits per heavy atom. The molecule has 138 valence electrons. The molecular formula is C15H8ClF5N2O2S. The fourth-order valence-corrected chi connectivity index (χ4v) is 2.64. The van der Waals surface area contributed by atoms with E-state index in [1.807, 2.05) is 5.32 Å². The Balaban J connectivity index is 2.07. The maximum Gasteiger partial charge on any atom is 0.446 e. The van der Waals surface area contributed by atoms with Crippen molar-refractivity contribution in [3.63, 3.8) is 0 Å². The zero-order valence-electron chi connectivity index (χ0n) is 12.5. The van der Waals surface area contributed by atoms with E-state index in [1.165, 1.54) is 12.1 Å². The number of hydrogen-bond acceptors (Lipinski definition) is 3. The Hall–Kier alpha value is -2.33. The second-order valence-corrected chi connectivity index (χ2v) is 6.24. The molecule has 2 rings (SSSR count). The van der Waals surface area contributed by atoms with Crippen LogP contribution in [0.2, 0.25) is 5.02 Å². The molecular weight excluding hydrogens is 403 g/mol. The SMILES string of the molecule is O=C(NC(=O)c1c(F)cccc1Cl)Nc1ccc(SC(F)(F)F)cc1F. The van der Waals surface area contributed by atoms with Crippen molar-refractivity contribution in [2.75, 3.05) is 5.32 Å². The van der Waals surface area contributed by atoms with Crippen molar-refractivity contribution in [1.82, 2.24) is 5.32 Å². The van der Waals surface area contributed by atoms with Crippen molar-refractivity contribution in [2.24, 2.45) is 0 Å². The zero-order chi connectivity index (χ0) is 19.5. The first-order valence-electron chi connectivity index (χ1n) is 6.68. The van der Waals surface area contributed by atoms with Gasteiger partial charge in [-0.2, -0.15) is 13.2 Å². The summed E-state index contributed by atoms with van der Waals surface area (Å²) in [6.07, 6.45) is 0. The van der Waals surface area contributed by atoms with Gasteiger partial charge in [-0.3, -0.25) is 10.1 Å². The van der Waals surface area contributed by atoms with E-state index in [9.17, 15) is 31.5 Å². The average molecular weight is 411 g/mol. The molecule has 0 fully saturated rings. The number of urea groups is 1. The third-order valence-corrected chi connectivity index (χ3v) is 3.88. The van der Waals surface area contributed by atoms with E-state index in [1.54, 1.807) is 5.32 Å². The van der Waals surface area contributed by atoms with Gasteiger partial charge in [-0.15, -0.1) is 0 Å². The highest BCUT2D eigenvalue weighted by molar-refractivity contribution is 8.00. The first kappa shape index (κ1) is 20.0. The summed E-state index contributed by atoms with van der Waals surface area (Å²) in [6.45, 7) is 0. The van der Waals surface area contributed by atoms with E-state index in [-0.39, 0.29) is 5.02 Å². The lowest BCUT2D eigenvalue weighted by molar-refractivity contribution is -0.0328. The fourth-order valence-electron chi connectivity index (χ4n) is 1.83. The van der Waals surface area contributed by atoms with Gasteiger partial charge in [-0.05, 0) is 42.1 Å². The van der Waals surface area contributed by atoms with Gasteiger partial charge < -0.3 is 5.32 Å². The molecule has 0 bridgehead atoms. The van der Waals surface area contributed by atoms with Gasteiger partial charge in [-0.25, -0.2) is 13.6 Å². The number of benzene rings is 2. The molecule has 0 aliphatic rings. The number of anilines is 1. The predicted octanol–water partition coefficient (Wildman–Crippen LogP) is 5.19. The van der Waals surface area contributed by atoms with Crippen LogP contribution in [0.4, 0.5) is 32.4 Å². The quantitative estimate of drug-likeness (QED) is 0.540. The van der Waals surface area contributed by atoms with Crippen LogP contribution >= 0.6 is 23.4 Å². The summed E-state index contributed by atoms with van der Waals surface area (Å²) < 4.78 is 64.1. The number of nitrogens with one attached hydrogen (secondary N) is 2. The molecule has 0 saturated heterocycles. The van der Waals surface area contributed by atoms with Crippen LogP contribution in [-0.4, -0.2) is 17.4 Å². The average Bonchev–Trinajstić information content (AvgIpc) is 2.48. The highest BCUT2D eigenvalue weighted by Gasteiger charge is 2.29. The molecule has 3 amide bonds. The van der Waals surface area contributed by atoms with Crippen LogP contribution in [-0.2, 0) is 0 Å². The van der Waals surface area contributed by atoms with Crippen LogP contribution in [0.1, 0.15) is 10.4 Å². The van der Waals surface area contributed by atoms with E-state index < -0.39 is 57.0 Å². The highest BCUT2D eigenvalue weighted by atomic mass is 35.5. The van der Waals surface area contributed by atoms with E-state index in [0.717, 1.165) is 18.2 Å². The van der Waals surface area contributed by atoms with E-state index in [0.29, 0.717) is 6.07 Å². The summed E-state index contributed by atoms with van der Waals surface area (Å²) >= 11 is 5.15. The molecule has 0 aliphatic carbocycles. The molecule has 0 spiro atoms. The third-order valence-electron chi connectivity index (χ3n) is 2.84. The van der Waals surface area contributed by atoms with Crippen molar-refractivity contribution in [1.29, 1.82) is 0 Å². The van der Waals surface area contributed by atoms with Gasteiger partial charge in [0.15, 0.2) is 0 Å². The first-order valence-corrected chi connectivity index (χ1v) is 7.88. The molecule has 0 heterocycles. The van der Waals surface area contributed by atoms with Gasteiger partial charge in [0.1, 0.15) is 11.6 Å². The van der Waals surface area contributed by atoms with Gasteiger partial charge in [0.2, 0.25) is 0 Å². The van der Waals surface area contributed by atoms with Crippen molar-refractivity contribution in [2.45, 2.75) is 10.4 Å². The number of alkyl halides is 3. The van der Waals surface area contributed by atoms with Crippen LogP contribution in [0, 0.1) is 11.6 Å². The monoisotopic (exact) mass is 410 g/mol. The number of amides is 3. The number of carbonyl (C=O) groups is 2. The highest BCUT2D eigenvalue weighted by Crippen LogP contribution is 2.37. The second kappa shape index (κ2) is 7.92. The van der Waals surface area contributed by atoms with Crippen molar-refractivity contribution in [3.8, 4) is 0 Å². The number of hydrogen-bond donors (Lipinski definition) is 2. The van der Waals surface area contributed by atoms with Crippen LogP contribution in [0.5, 0.6) is 0 Å². The summed E-state index contributed by atoms with van der Waals surface area (Å²) in [5.41, 5.74) is -5.65. The molecule has 26 heavy (non-hydrogen) atoms. The minimum absolute atomic E-state index is 0.241. The minimum atomic E-state index is -4.59. The molecule has 2 N–H and O–H groups in total. The maximum atomic E-state index is 13.8. The number of halogens is 6. The van der Waals surface area contributed by atoms with Gasteiger partial charge in [0.05, 0.1) is 16.3 Å². The molecule has 0 aliphatic heterocycles. The number of thioether (sulfide) groups is 1. The van der Waals surface area contributed by atoms with Gasteiger partial charge in [0, 0.05) is 4.90 Å². The second-order valence-electron chi connectivity index (χ2n) is 4.69. The summed E-state index contributed by atoms with van der Waals surface area (Å²) in [5.74, 6) is -3.29. The maximum absolute atomic E-state index is 13.8. The van der Waals surface area contributed by atoms with E-state index in [2.05, 4.69) is 0 Å². The summed E-state index contributed by atoms with van der Waals surface area (Å²) in [5, 5.41) is 3.44. The molecule has 2 aromatic carbocycles. The third kappa shape index (κ3) is 5.33. The normalized spacial score (nSPS) is 11.2. The summed E-state index contributed by atoms with van der Waals surface area (Å²) in [6, 6.07) is 4.62. The molecule has 0 aromatic heterocycles. The Bertz CT molecular complexity index is 840. The minimum Gasteiger partial charge on any atom is -0.305 e. The standard InChI is InChI=1S/C15H8ClF5N2O2S/c16-8-2-1-3-9(17)12(8)13(24)23-14(25)22-11-5-4-7(6-10(11)18)26-15(19,20)21/h1-6H,(H2,22,23,24,25). The molecule has 0 unspecified atom stereocenters. The van der Waals surface area contributed by atoms with Crippen molar-refractivity contribution in [3.05, 3.63) is 58.6 Å². The molecule has 0 atom stereocenters. The van der Waals surface area contributed by atoms with Crippen molar-refractivity contribution < 1.29 is 31.5 Å². The van der Waals surface area contributed by atoms with Crippen LogP contribution in [0.3, 0.4) is 0 Å². The van der Waals surface area contributed by atoms with Crippen LogP contribution in [0.25, 0.3) is 0 Å². The lowest BCUT2D eigenvalue weighted by Crippen LogP contribution is -2.35. The lowest BCUT2D eigenvalue weighted by Gasteiger charge is -2.10. The van der Waals surface area contributed by atoms with Crippen LogP contribution in [0.15, 0.2) is 41.3 Å². The molecule has 2 aromatic rings. The lowest BCUT2D eigenvalue weighted by atomic mass is 10.2. The molecule has 4 nitrogen and oxygen atoms in total. The smallest absolute Gasteiger partial charge is 0.305 e. The van der Waals surface area contributed by atoms with Gasteiger partial charge in [-0.1, -0.05) is 17.7 Å². The van der Waals surface area contributed by atoms with Gasteiger partial charge in [0.25, 0.3) is 5.91 Å². The Kier molecular flexibility index (Phi) is 6.09. The predicted molar refractivity (Wildman–Crippen MR) is 86.2 cm³/mol. The van der Waals surface area contributed by atoms with E-state index in [4.69, 9.17) is 11.6 Å². The molecule has 0 saturated carbocycles.